The van der Waals surface area contributed by atoms with E-state index in [1.165, 1.54) is 6.07 Å². The van der Waals surface area contributed by atoms with Gasteiger partial charge in [-0.25, -0.2) is 4.98 Å². The Morgan fingerprint density at radius 1 is 0.967 bits per heavy atom. The number of pyridine rings is 1. The molecule has 4 nitrogen and oxygen atoms in total. The lowest BCUT2D eigenvalue weighted by molar-refractivity contribution is -0.137. The number of aliphatic hydroxyl groups excluding tert-OH is 1. The normalized spacial score (nSPS) is 19.1. The highest BCUT2D eigenvalue weighted by Crippen LogP contribution is 2.32. The van der Waals surface area contributed by atoms with Crippen molar-refractivity contribution in [2.24, 2.45) is 0 Å². The van der Waals surface area contributed by atoms with Gasteiger partial charge in [0.15, 0.2) is 0 Å². The summed E-state index contributed by atoms with van der Waals surface area (Å²) in [4.78, 5) is 5.84. The highest BCUT2D eigenvalue weighted by molar-refractivity contribution is 5.66. The first-order chi connectivity index (χ1) is 14.4. The first kappa shape index (κ1) is 20.2. The van der Waals surface area contributed by atoms with Gasteiger partial charge in [0.1, 0.15) is 6.10 Å². The smallest absolute Gasteiger partial charge is 0.417 e. The molecule has 2 aromatic carbocycles. The number of halogens is 3. The fourth-order valence-corrected chi connectivity index (χ4v) is 3.71. The molecule has 0 amide bonds. The van der Waals surface area contributed by atoms with E-state index in [1.54, 1.807) is 0 Å². The second-order valence-electron chi connectivity index (χ2n) is 7.26. The quantitative estimate of drug-likeness (QED) is 0.652. The van der Waals surface area contributed by atoms with Crippen LogP contribution < -0.4 is 9.64 Å². The van der Waals surface area contributed by atoms with E-state index in [2.05, 4.69) is 9.88 Å². The molecule has 1 aromatic heterocycles. The number of benzene rings is 2. The monoisotopic (exact) mass is 414 g/mol. The number of nitrogens with zero attached hydrogens (tertiary/aromatic N) is 2. The first-order valence-corrected chi connectivity index (χ1v) is 9.67. The number of aliphatic hydroxyl groups is 1. The Hall–Kier alpha value is -3.06. The van der Waals surface area contributed by atoms with Gasteiger partial charge in [-0.3, -0.25) is 0 Å². The van der Waals surface area contributed by atoms with Gasteiger partial charge in [0.05, 0.1) is 24.8 Å². The van der Waals surface area contributed by atoms with Crippen molar-refractivity contribution in [2.75, 3.05) is 18.1 Å². The molecule has 0 saturated carbocycles. The van der Waals surface area contributed by atoms with E-state index in [9.17, 15) is 18.3 Å². The van der Waals surface area contributed by atoms with Gasteiger partial charge in [-0.05, 0) is 29.3 Å². The van der Waals surface area contributed by atoms with Crippen molar-refractivity contribution in [3.63, 3.8) is 0 Å². The maximum atomic E-state index is 12.7. The van der Waals surface area contributed by atoms with Crippen LogP contribution in [0.3, 0.4) is 0 Å². The summed E-state index contributed by atoms with van der Waals surface area (Å²) < 4.78 is 43.8. The van der Waals surface area contributed by atoms with E-state index >= 15 is 0 Å². The van der Waals surface area contributed by atoms with Crippen molar-refractivity contribution in [1.82, 2.24) is 4.98 Å². The molecule has 30 heavy (non-hydrogen) atoms. The average Bonchev–Trinajstić information content (AvgIpc) is 3.17. The zero-order chi connectivity index (χ0) is 21.1. The van der Waals surface area contributed by atoms with Gasteiger partial charge >= 0.3 is 6.18 Å². The van der Waals surface area contributed by atoms with Gasteiger partial charge in [0, 0.05) is 24.4 Å². The summed E-state index contributed by atoms with van der Waals surface area (Å²) in [5, 5.41) is 9.80. The summed E-state index contributed by atoms with van der Waals surface area (Å²) in [6.07, 6.45) is -3.38. The topological polar surface area (TPSA) is 45.6 Å². The van der Waals surface area contributed by atoms with Crippen LogP contribution in [0, 0.1) is 0 Å². The SMILES string of the molecule is OC[C@@H]1C[C@H](Oc2ccc(C(F)(F)F)cn2)CN1c1ccc(-c2ccccc2)cc1. The van der Waals surface area contributed by atoms with Crippen molar-refractivity contribution in [1.29, 1.82) is 0 Å². The van der Waals surface area contributed by atoms with Crippen molar-refractivity contribution in [3.8, 4) is 17.0 Å². The predicted octanol–water partition coefficient (Wildman–Crippen LogP) is 4.79. The standard InChI is InChI=1S/C23H21F3N2O2/c24-23(25,26)18-8-11-22(27-13-18)30-21-12-20(15-29)28(14-21)19-9-6-17(7-10-19)16-4-2-1-3-5-16/h1-11,13,20-21,29H,12,14-15H2/t20-,21-/m0/s1. The molecule has 1 aliphatic heterocycles. The van der Waals surface area contributed by atoms with Crippen LogP contribution in [0.1, 0.15) is 12.0 Å². The molecule has 0 spiro atoms. The van der Waals surface area contributed by atoms with E-state index < -0.39 is 11.7 Å². The molecule has 7 heteroatoms. The molecule has 0 bridgehead atoms. The summed E-state index contributed by atoms with van der Waals surface area (Å²) in [7, 11) is 0. The molecule has 156 valence electrons. The van der Waals surface area contributed by atoms with Gasteiger partial charge in [-0.15, -0.1) is 0 Å². The lowest BCUT2D eigenvalue weighted by Crippen LogP contribution is -2.32. The molecule has 3 aromatic rings. The third-order valence-electron chi connectivity index (χ3n) is 5.24. The first-order valence-electron chi connectivity index (χ1n) is 9.67. The van der Waals surface area contributed by atoms with Crippen molar-refractivity contribution in [3.05, 3.63) is 78.5 Å². The van der Waals surface area contributed by atoms with Crippen LogP contribution in [0.4, 0.5) is 18.9 Å². The molecular weight excluding hydrogens is 393 g/mol. The lowest BCUT2D eigenvalue weighted by Gasteiger charge is -2.25. The maximum absolute atomic E-state index is 12.7. The maximum Gasteiger partial charge on any atom is 0.417 e. The van der Waals surface area contributed by atoms with Gasteiger partial charge in [0.2, 0.25) is 5.88 Å². The third-order valence-corrected chi connectivity index (χ3v) is 5.24. The van der Waals surface area contributed by atoms with E-state index in [0.717, 1.165) is 29.1 Å². The molecule has 2 heterocycles. The number of alkyl halides is 3. The Kier molecular flexibility index (Phi) is 5.63. The molecular formula is C23H21F3N2O2. The summed E-state index contributed by atoms with van der Waals surface area (Å²) >= 11 is 0. The summed E-state index contributed by atoms with van der Waals surface area (Å²) in [6, 6.07) is 20.2. The van der Waals surface area contributed by atoms with Gasteiger partial charge < -0.3 is 14.7 Å². The van der Waals surface area contributed by atoms with Crippen molar-refractivity contribution in [2.45, 2.75) is 24.7 Å². The minimum atomic E-state index is -4.43. The highest BCUT2D eigenvalue weighted by atomic mass is 19.4. The van der Waals surface area contributed by atoms with Crippen LogP contribution in [-0.2, 0) is 6.18 Å². The van der Waals surface area contributed by atoms with Gasteiger partial charge in [-0.2, -0.15) is 13.2 Å². The zero-order valence-electron chi connectivity index (χ0n) is 16.1. The third kappa shape index (κ3) is 4.41. The Balaban J connectivity index is 1.45. The number of aromatic nitrogens is 1. The number of hydrogen-bond acceptors (Lipinski definition) is 4. The van der Waals surface area contributed by atoms with Gasteiger partial charge in [0.25, 0.3) is 0 Å². The van der Waals surface area contributed by atoms with Crippen LogP contribution in [0.15, 0.2) is 72.9 Å². The molecule has 1 aliphatic rings. The second kappa shape index (κ2) is 8.36. The highest BCUT2D eigenvalue weighted by Gasteiger charge is 2.34. The summed E-state index contributed by atoms with van der Waals surface area (Å²) in [5.74, 6) is 0.144. The molecule has 1 fully saturated rings. The molecule has 0 radical (unpaired) electrons. The Morgan fingerprint density at radius 2 is 1.67 bits per heavy atom. The second-order valence-corrected chi connectivity index (χ2v) is 7.26. The lowest BCUT2D eigenvalue weighted by atomic mass is 10.1. The largest absolute Gasteiger partial charge is 0.472 e. The van der Waals surface area contributed by atoms with Crippen LogP contribution in [-0.4, -0.2) is 35.4 Å². The Bertz CT molecular complexity index is 960. The fraction of sp³-hybridized carbons (Fsp3) is 0.261. The van der Waals surface area contributed by atoms with Gasteiger partial charge in [-0.1, -0.05) is 42.5 Å². The molecule has 2 atom stereocenters. The summed E-state index contributed by atoms with van der Waals surface area (Å²) in [5.41, 5.74) is 2.37. The minimum absolute atomic E-state index is 0.0409. The number of ether oxygens (including phenoxy) is 1. The molecule has 1 saturated heterocycles. The molecule has 1 N–H and O–H groups in total. The Morgan fingerprint density at radius 3 is 2.27 bits per heavy atom. The van der Waals surface area contributed by atoms with Crippen LogP contribution in [0.5, 0.6) is 5.88 Å². The predicted molar refractivity (Wildman–Crippen MR) is 108 cm³/mol. The number of rotatable bonds is 5. The Labute approximate surface area is 172 Å². The minimum Gasteiger partial charge on any atom is -0.472 e. The van der Waals surface area contributed by atoms with E-state index in [-0.39, 0.29) is 24.6 Å². The summed E-state index contributed by atoms with van der Waals surface area (Å²) in [6.45, 7) is 0.472. The van der Waals surface area contributed by atoms with Crippen LogP contribution in [0.25, 0.3) is 11.1 Å². The molecule has 0 aliphatic carbocycles. The number of hydrogen-bond donors (Lipinski definition) is 1. The molecule has 0 unspecified atom stereocenters. The van der Waals surface area contributed by atoms with Crippen molar-refractivity contribution < 1.29 is 23.0 Å². The zero-order valence-corrected chi connectivity index (χ0v) is 16.1. The van der Waals surface area contributed by atoms with Crippen molar-refractivity contribution >= 4 is 5.69 Å². The van der Waals surface area contributed by atoms with Crippen LogP contribution >= 0.6 is 0 Å². The number of anilines is 1. The van der Waals surface area contributed by atoms with E-state index in [1.807, 2.05) is 54.6 Å². The van der Waals surface area contributed by atoms with Crippen LogP contribution in [0.2, 0.25) is 0 Å². The van der Waals surface area contributed by atoms with E-state index in [4.69, 9.17) is 4.74 Å². The fourth-order valence-electron chi connectivity index (χ4n) is 3.71. The average molecular weight is 414 g/mol. The van der Waals surface area contributed by atoms with E-state index in [0.29, 0.717) is 13.0 Å². The molecule has 4 rings (SSSR count).